The second-order valence-electron chi connectivity index (χ2n) is 3.71. The van der Waals surface area contributed by atoms with Crippen molar-refractivity contribution in [1.82, 2.24) is 0 Å². The van der Waals surface area contributed by atoms with Gasteiger partial charge in [-0.15, -0.1) is 0 Å². The zero-order valence-corrected chi connectivity index (χ0v) is 9.15. The van der Waals surface area contributed by atoms with Crippen LogP contribution in [0.3, 0.4) is 0 Å². The number of unbranched alkanes of at least 4 members (excludes halogenated alkanes) is 1. The first-order valence-electron chi connectivity index (χ1n) is 5.35. The summed E-state index contributed by atoms with van der Waals surface area (Å²) in [4.78, 5) is 0. The van der Waals surface area contributed by atoms with E-state index in [9.17, 15) is 13.2 Å². The maximum atomic E-state index is 11.6. The summed E-state index contributed by atoms with van der Waals surface area (Å²) in [6, 6.07) is 0.178. The third-order valence-corrected chi connectivity index (χ3v) is 2.04. The number of halogens is 3. The normalized spacial score (nSPS) is 14.2. The minimum Gasteiger partial charge on any atom is -0.372 e. The van der Waals surface area contributed by atoms with Gasteiger partial charge in [-0.1, -0.05) is 13.3 Å². The second kappa shape index (κ2) is 7.93. The predicted octanol–water partition coefficient (Wildman–Crippen LogP) is 2.86. The van der Waals surface area contributed by atoms with Crippen molar-refractivity contribution in [2.45, 2.75) is 51.2 Å². The van der Waals surface area contributed by atoms with E-state index in [2.05, 4.69) is 11.7 Å². The number of hydrogen-bond acceptors (Lipinski definition) is 2. The summed E-state index contributed by atoms with van der Waals surface area (Å²) in [7, 11) is 0. The third kappa shape index (κ3) is 11.6. The topological polar surface area (TPSA) is 35.2 Å². The van der Waals surface area contributed by atoms with Crippen molar-refractivity contribution in [1.29, 1.82) is 0 Å². The Bertz CT molecular complexity index is 150. The maximum Gasteiger partial charge on any atom is 0.411 e. The average molecular weight is 227 g/mol. The van der Waals surface area contributed by atoms with Gasteiger partial charge in [0, 0.05) is 12.6 Å². The van der Waals surface area contributed by atoms with E-state index in [4.69, 9.17) is 5.73 Å². The molecule has 2 nitrogen and oxygen atoms in total. The van der Waals surface area contributed by atoms with Gasteiger partial charge in [0.15, 0.2) is 0 Å². The van der Waals surface area contributed by atoms with E-state index < -0.39 is 12.8 Å². The van der Waals surface area contributed by atoms with Gasteiger partial charge in [-0.2, -0.15) is 13.2 Å². The maximum absolute atomic E-state index is 11.6. The lowest BCUT2D eigenvalue weighted by Gasteiger charge is -2.10. The highest BCUT2D eigenvalue weighted by Gasteiger charge is 2.27. The Balaban J connectivity index is 3.18. The van der Waals surface area contributed by atoms with Crippen molar-refractivity contribution in [3.8, 4) is 0 Å². The lowest BCUT2D eigenvalue weighted by atomic mass is 10.1. The van der Waals surface area contributed by atoms with Gasteiger partial charge in [-0.3, -0.25) is 0 Å². The predicted molar refractivity (Wildman–Crippen MR) is 53.6 cm³/mol. The van der Waals surface area contributed by atoms with Gasteiger partial charge in [-0.05, 0) is 25.7 Å². The van der Waals surface area contributed by atoms with E-state index in [-0.39, 0.29) is 12.6 Å². The summed E-state index contributed by atoms with van der Waals surface area (Å²) in [6.45, 7) is 1.08. The third-order valence-electron chi connectivity index (χ3n) is 2.04. The lowest BCUT2D eigenvalue weighted by molar-refractivity contribution is -0.174. The van der Waals surface area contributed by atoms with E-state index in [0.717, 1.165) is 25.7 Å². The second-order valence-corrected chi connectivity index (χ2v) is 3.71. The van der Waals surface area contributed by atoms with E-state index >= 15 is 0 Å². The fraction of sp³-hybridized carbons (Fsp3) is 1.00. The first-order chi connectivity index (χ1) is 6.95. The Morgan fingerprint density at radius 1 is 1.20 bits per heavy atom. The molecule has 0 aromatic carbocycles. The molecule has 5 heteroatoms. The molecule has 0 bridgehead atoms. The van der Waals surface area contributed by atoms with Crippen LogP contribution in [0.1, 0.15) is 39.0 Å². The van der Waals surface area contributed by atoms with E-state index in [0.29, 0.717) is 6.42 Å². The molecule has 0 aromatic rings. The fourth-order valence-electron chi connectivity index (χ4n) is 1.31. The molecule has 15 heavy (non-hydrogen) atoms. The fourth-order valence-corrected chi connectivity index (χ4v) is 1.31. The summed E-state index contributed by atoms with van der Waals surface area (Å²) in [5, 5.41) is 0. The number of hydrogen-bond donors (Lipinski definition) is 1. The highest BCUT2D eigenvalue weighted by atomic mass is 19.4. The molecule has 0 radical (unpaired) electrons. The molecule has 0 saturated carbocycles. The Kier molecular flexibility index (Phi) is 7.78. The highest BCUT2D eigenvalue weighted by molar-refractivity contribution is 4.59. The molecule has 0 aliphatic rings. The smallest absolute Gasteiger partial charge is 0.372 e. The first-order valence-corrected chi connectivity index (χ1v) is 5.35. The van der Waals surface area contributed by atoms with Crippen LogP contribution in [0.2, 0.25) is 0 Å². The van der Waals surface area contributed by atoms with Gasteiger partial charge >= 0.3 is 6.18 Å². The summed E-state index contributed by atoms with van der Waals surface area (Å²) in [5.41, 5.74) is 5.75. The quantitative estimate of drug-likeness (QED) is 0.647. The number of nitrogens with two attached hydrogens (primary N) is 1. The van der Waals surface area contributed by atoms with Crippen molar-refractivity contribution < 1.29 is 17.9 Å². The van der Waals surface area contributed by atoms with Gasteiger partial charge in [-0.25, -0.2) is 0 Å². The van der Waals surface area contributed by atoms with E-state index in [1.165, 1.54) is 0 Å². The molecular weight excluding hydrogens is 207 g/mol. The molecule has 0 spiro atoms. The molecule has 0 rings (SSSR count). The van der Waals surface area contributed by atoms with Gasteiger partial charge in [0.2, 0.25) is 0 Å². The van der Waals surface area contributed by atoms with Crippen LogP contribution in [0.25, 0.3) is 0 Å². The van der Waals surface area contributed by atoms with Crippen LogP contribution in [0.5, 0.6) is 0 Å². The largest absolute Gasteiger partial charge is 0.411 e. The van der Waals surface area contributed by atoms with Gasteiger partial charge in [0.05, 0.1) is 0 Å². The van der Waals surface area contributed by atoms with Gasteiger partial charge in [0.25, 0.3) is 0 Å². The molecule has 0 amide bonds. The molecular formula is C10H20F3NO. The van der Waals surface area contributed by atoms with Gasteiger partial charge in [0.1, 0.15) is 6.61 Å². The Morgan fingerprint density at radius 2 is 1.87 bits per heavy atom. The molecule has 0 aliphatic heterocycles. The number of rotatable bonds is 8. The summed E-state index contributed by atoms with van der Waals surface area (Å²) in [5.74, 6) is 0. The van der Waals surface area contributed by atoms with Crippen molar-refractivity contribution in [3.63, 3.8) is 0 Å². The van der Waals surface area contributed by atoms with Crippen molar-refractivity contribution in [3.05, 3.63) is 0 Å². The van der Waals surface area contributed by atoms with Crippen molar-refractivity contribution in [2.75, 3.05) is 13.2 Å². The van der Waals surface area contributed by atoms with Gasteiger partial charge < -0.3 is 10.5 Å². The molecule has 1 atom stereocenters. The Hall–Kier alpha value is -0.290. The minimum absolute atomic E-state index is 0.165. The summed E-state index contributed by atoms with van der Waals surface area (Å²) >= 11 is 0. The Labute approximate surface area is 89.0 Å². The van der Waals surface area contributed by atoms with Crippen LogP contribution in [0.15, 0.2) is 0 Å². The average Bonchev–Trinajstić information content (AvgIpc) is 2.09. The number of alkyl halides is 3. The summed E-state index contributed by atoms with van der Waals surface area (Å²) < 4.78 is 39.4. The number of ether oxygens (including phenoxy) is 1. The minimum atomic E-state index is -4.21. The van der Waals surface area contributed by atoms with Crippen molar-refractivity contribution in [2.24, 2.45) is 5.73 Å². The zero-order chi connectivity index (χ0) is 11.7. The van der Waals surface area contributed by atoms with Crippen LogP contribution in [-0.4, -0.2) is 25.4 Å². The monoisotopic (exact) mass is 227 g/mol. The molecule has 92 valence electrons. The van der Waals surface area contributed by atoms with Crippen LogP contribution in [-0.2, 0) is 4.74 Å². The van der Waals surface area contributed by atoms with E-state index in [1.54, 1.807) is 0 Å². The summed E-state index contributed by atoms with van der Waals surface area (Å²) in [6.07, 6.45) is 0.156. The standard InChI is InChI=1S/C10H20F3NO/c1-2-5-9(14)6-3-4-7-15-8-10(11,12)13/h9H,2-8,14H2,1H3. The van der Waals surface area contributed by atoms with E-state index in [1.807, 2.05) is 0 Å². The molecule has 2 N–H and O–H groups in total. The first kappa shape index (κ1) is 14.7. The molecule has 0 aromatic heterocycles. The zero-order valence-electron chi connectivity index (χ0n) is 9.15. The van der Waals surface area contributed by atoms with Crippen LogP contribution >= 0.6 is 0 Å². The lowest BCUT2D eigenvalue weighted by Crippen LogP contribution is -2.20. The molecule has 0 aliphatic carbocycles. The highest BCUT2D eigenvalue weighted by Crippen LogP contribution is 2.14. The molecule has 0 fully saturated rings. The SMILES string of the molecule is CCCC(N)CCCCOCC(F)(F)F. The van der Waals surface area contributed by atoms with Crippen LogP contribution in [0.4, 0.5) is 13.2 Å². The van der Waals surface area contributed by atoms with Crippen LogP contribution < -0.4 is 5.73 Å². The molecule has 0 saturated heterocycles. The van der Waals surface area contributed by atoms with Crippen LogP contribution in [0, 0.1) is 0 Å². The van der Waals surface area contributed by atoms with Crippen molar-refractivity contribution >= 4 is 0 Å². The molecule has 0 heterocycles. The Morgan fingerprint density at radius 3 is 2.40 bits per heavy atom. The molecule has 1 unspecified atom stereocenters.